The van der Waals surface area contributed by atoms with E-state index in [2.05, 4.69) is 25.6 Å². The first-order valence-electron chi connectivity index (χ1n) is 7.32. The summed E-state index contributed by atoms with van der Waals surface area (Å²) in [5.41, 5.74) is 0.186. The van der Waals surface area contributed by atoms with Crippen LogP contribution in [-0.4, -0.2) is 31.0 Å². The van der Waals surface area contributed by atoms with Crippen LogP contribution in [0.1, 0.15) is 10.4 Å². The Hall–Kier alpha value is -4.08. The van der Waals surface area contributed by atoms with E-state index in [9.17, 15) is 14.9 Å². The lowest BCUT2D eigenvalue weighted by Gasteiger charge is -2.09. The molecule has 0 saturated heterocycles. The summed E-state index contributed by atoms with van der Waals surface area (Å²) in [5.74, 6) is -0.725. The highest BCUT2D eigenvalue weighted by Gasteiger charge is 2.23. The Labute approximate surface area is 146 Å². The third-order valence-corrected chi connectivity index (χ3v) is 3.31. The molecular formula is C16H12N6O4. The fraction of sp³-hybridized carbons (Fsp3) is 0. The van der Waals surface area contributed by atoms with Crippen molar-refractivity contribution in [1.29, 1.82) is 0 Å². The molecule has 0 bridgehead atoms. The van der Waals surface area contributed by atoms with E-state index in [0.717, 1.165) is 0 Å². The van der Waals surface area contributed by atoms with Crippen LogP contribution < -0.4 is 10.6 Å². The number of nitrogens with one attached hydrogen (secondary N) is 2. The first kappa shape index (κ1) is 16.8. The molecule has 0 aliphatic rings. The van der Waals surface area contributed by atoms with Gasteiger partial charge in [0, 0.05) is 11.9 Å². The average Bonchev–Trinajstić information content (AvgIpc) is 2.63. The summed E-state index contributed by atoms with van der Waals surface area (Å²) < 4.78 is 0. The Kier molecular flexibility index (Phi) is 4.65. The summed E-state index contributed by atoms with van der Waals surface area (Å²) in [6.45, 7) is 0. The van der Waals surface area contributed by atoms with Gasteiger partial charge in [-0.15, -0.1) is 0 Å². The number of pyridine rings is 1. The molecule has 3 N–H and O–H groups in total. The second-order valence-corrected chi connectivity index (χ2v) is 5.02. The SMILES string of the molecule is O=C(O)c1ccc(Nc2ncnc(Nc3ccccn3)c2[N+](=O)[O-])cc1. The van der Waals surface area contributed by atoms with Crippen LogP contribution in [0.15, 0.2) is 55.0 Å². The molecule has 2 aromatic heterocycles. The monoisotopic (exact) mass is 352 g/mol. The average molecular weight is 352 g/mol. The minimum Gasteiger partial charge on any atom is -0.478 e. The number of anilines is 4. The highest BCUT2D eigenvalue weighted by Crippen LogP contribution is 2.32. The summed E-state index contributed by atoms with van der Waals surface area (Å²) in [7, 11) is 0. The molecule has 130 valence electrons. The molecule has 0 aliphatic heterocycles. The number of aromatic nitrogens is 3. The van der Waals surface area contributed by atoms with Gasteiger partial charge in [-0.2, -0.15) is 0 Å². The largest absolute Gasteiger partial charge is 0.478 e. The van der Waals surface area contributed by atoms with Gasteiger partial charge in [-0.3, -0.25) is 10.1 Å². The van der Waals surface area contributed by atoms with Crippen LogP contribution in [0.2, 0.25) is 0 Å². The zero-order valence-corrected chi connectivity index (χ0v) is 13.2. The summed E-state index contributed by atoms with van der Waals surface area (Å²) in [6.07, 6.45) is 2.71. The first-order valence-corrected chi connectivity index (χ1v) is 7.32. The standard InChI is InChI=1S/C16H12N6O4/c23-16(24)10-4-6-11(7-5-10)20-14-13(22(25)26)15(19-9-18-14)21-12-3-1-2-8-17-12/h1-9H,(H,23,24)(H2,17,18,19,20,21). The maximum absolute atomic E-state index is 11.5. The van der Waals surface area contributed by atoms with Crippen molar-refractivity contribution >= 4 is 34.8 Å². The Balaban J connectivity index is 1.92. The van der Waals surface area contributed by atoms with Crippen LogP contribution >= 0.6 is 0 Å². The second-order valence-electron chi connectivity index (χ2n) is 5.02. The van der Waals surface area contributed by atoms with Crippen molar-refractivity contribution in [2.75, 3.05) is 10.6 Å². The number of nitrogens with zero attached hydrogens (tertiary/aromatic N) is 4. The quantitative estimate of drug-likeness (QED) is 0.450. The topological polar surface area (TPSA) is 143 Å². The number of rotatable bonds is 6. The summed E-state index contributed by atoms with van der Waals surface area (Å²) in [6, 6.07) is 10.8. The van der Waals surface area contributed by atoms with Crippen molar-refractivity contribution in [3.63, 3.8) is 0 Å². The minimum absolute atomic E-state index is 0.0200. The number of carbonyl (C=O) groups is 1. The Morgan fingerprint density at radius 2 is 1.69 bits per heavy atom. The van der Waals surface area contributed by atoms with E-state index >= 15 is 0 Å². The Bertz CT molecular complexity index is 947. The molecular weight excluding hydrogens is 340 g/mol. The molecule has 1 aromatic carbocycles. The maximum atomic E-state index is 11.5. The number of hydrogen-bond donors (Lipinski definition) is 3. The number of carboxylic acid groups (broad SMARTS) is 1. The summed E-state index contributed by atoms with van der Waals surface area (Å²) in [5, 5.41) is 26.0. The van der Waals surface area contributed by atoms with E-state index in [-0.39, 0.29) is 22.9 Å². The van der Waals surface area contributed by atoms with Crippen molar-refractivity contribution in [3.8, 4) is 0 Å². The molecule has 0 atom stereocenters. The van der Waals surface area contributed by atoms with Crippen LogP contribution in [0.25, 0.3) is 0 Å². The smallest absolute Gasteiger partial charge is 0.353 e. The van der Waals surface area contributed by atoms with Crippen LogP contribution in [0.5, 0.6) is 0 Å². The normalized spacial score (nSPS) is 10.2. The van der Waals surface area contributed by atoms with Gasteiger partial charge in [-0.05, 0) is 36.4 Å². The molecule has 26 heavy (non-hydrogen) atoms. The van der Waals surface area contributed by atoms with Gasteiger partial charge in [0.1, 0.15) is 12.1 Å². The third kappa shape index (κ3) is 3.70. The second kappa shape index (κ2) is 7.21. The van der Waals surface area contributed by atoms with E-state index in [1.165, 1.54) is 30.6 Å². The van der Waals surface area contributed by atoms with Crippen molar-refractivity contribution in [1.82, 2.24) is 15.0 Å². The van der Waals surface area contributed by atoms with E-state index in [1.807, 2.05) is 0 Å². The molecule has 0 fully saturated rings. The molecule has 10 nitrogen and oxygen atoms in total. The molecule has 3 rings (SSSR count). The number of hydrogen-bond acceptors (Lipinski definition) is 8. The predicted octanol–water partition coefficient (Wildman–Crippen LogP) is 2.97. The zero-order chi connectivity index (χ0) is 18.5. The van der Waals surface area contributed by atoms with Crippen LogP contribution in [0, 0.1) is 10.1 Å². The lowest BCUT2D eigenvalue weighted by atomic mass is 10.2. The molecule has 0 radical (unpaired) electrons. The van der Waals surface area contributed by atoms with Crippen molar-refractivity contribution in [2.24, 2.45) is 0 Å². The Morgan fingerprint density at radius 1 is 1.00 bits per heavy atom. The van der Waals surface area contributed by atoms with Crippen molar-refractivity contribution in [2.45, 2.75) is 0 Å². The van der Waals surface area contributed by atoms with Gasteiger partial charge in [-0.25, -0.2) is 19.7 Å². The number of benzene rings is 1. The zero-order valence-electron chi connectivity index (χ0n) is 13.2. The molecule has 0 amide bonds. The first-order chi connectivity index (χ1) is 12.5. The number of aromatic carboxylic acids is 1. The van der Waals surface area contributed by atoms with Crippen LogP contribution in [-0.2, 0) is 0 Å². The molecule has 10 heteroatoms. The van der Waals surface area contributed by atoms with Crippen LogP contribution in [0.4, 0.5) is 28.8 Å². The van der Waals surface area contributed by atoms with Crippen LogP contribution in [0.3, 0.4) is 0 Å². The lowest BCUT2D eigenvalue weighted by molar-refractivity contribution is -0.383. The molecule has 0 spiro atoms. The number of carboxylic acids is 1. The molecule has 0 aliphatic carbocycles. The Morgan fingerprint density at radius 3 is 2.27 bits per heavy atom. The third-order valence-electron chi connectivity index (χ3n) is 3.31. The van der Waals surface area contributed by atoms with E-state index in [1.54, 1.807) is 24.4 Å². The van der Waals surface area contributed by atoms with Gasteiger partial charge in [-0.1, -0.05) is 6.07 Å². The highest BCUT2D eigenvalue weighted by atomic mass is 16.6. The molecule has 3 aromatic rings. The summed E-state index contributed by atoms with van der Waals surface area (Å²) >= 11 is 0. The van der Waals surface area contributed by atoms with Gasteiger partial charge in [0.15, 0.2) is 0 Å². The molecule has 0 unspecified atom stereocenters. The maximum Gasteiger partial charge on any atom is 0.353 e. The van der Waals surface area contributed by atoms with Gasteiger partial charge in [0.25, 0.3) is 0 Å². The van der Waals surface area contributed by atoms with Crippen molar-refractivity contribution in [3.05, 3.63) is 70.7 Å². The van der Waals surface area contributed by atoms with Gasteiger partial charge in [0.2, 0.25) is 11.6 Å². The highest BCUT2D eigenvalue weighted by molar-refractivity contribution is 5.88. The number of nitro groups is 1. The fourth-order valence-corrected chi connectivity index (χ4v) is 2.13. The predicted molar refractivity (Wildman–Crippen MR) is 92.9 cm³/mol. The van der Waals surface area contributed by atoms with Crippen molar-refractivity contribution < 1.29 is 14.8 Å². The molecule has 2 heterocycles. The summed E-state index contributed by atoms with van der Waals surface area (Å²) in [4.78, 5) is 33.7. The van der Waals surface area contributed by atoms with E-state index in [0.29, 0.717) is 11.5 Å². The lowest BCUT2D eigenvalue weighted by Crippen LogP contribution is -2.06. The molecule has 0 saturated carbocycles. The van der Waals surface area contributed by atoms with Gasteiger partial charge < -0.3 is 15.7 Å². The fourth-order valence-electron chi connectivity index (χ4n) is 2.13. The van der Waals surface area contributed by atoms with E-state index in [4.69, 9.17) is 5.11 Å². The van der Waals surface area contributed by atoms with E-state index < -0.39 is 10.9 Å². The van der Waals surface area contributed by atoms with Gasteiger partial charge in [0.05, 0.1) is 10.5 Å². The van der Waals surface area contributed by atoms with Gasteiger partial charge >= 0.3 is 11.7 Å². The minimum atomic E-state index is -1.06.